The Morgan fingerprint density at radius 2 is 1.72 bits per heavy atom. The molecule has 0 spiro atoms. The van der Waals surface area contributed by atoms with Crippen molar-refractivity contribution in [2.75, 3.05) is 32.8 Å². The molecule has 0 unspecified atom stereocenters. The van der Waals surface area contributed by atoms with E-state index in [0.717, 1.165) is 44.8 Å². The lowest BCUT2D eigenvalue weighted by molar-refractivity contribution is 0.0390. The number of benzene rings is 2. The Hall–Kier alpha value is -2.75. The maximum absolute atomic E-state index is 5.50. The van der Waals surface area contributed by atoms with Crippen LogP contribution in [-0.4, -0.2) is 42.7 Å². The van der Waals surface area contributed by atoms with E-state index in [0.29, 0.717) is 0 Å². The van der Waals surface area contributed by atoms with Crippen LogP contribution >= 0.6 is 0 Å². The highest BCUT2D eigenvalue weighted by Crippen LogP contribution is 2.43. The molecule has 3 heteroatoms. The number of pyridine rings is 1. The van der Waals surface area contributed by atoms with E-state index in [9.17, 15) is 0 Å². The fourth-order valence-electron chi connectivity index (χ4n) is 4.55. The molecule has 0 amide bonds. The number of hydrogen-bond acceptors (Lipinski definition) is 3. The molecule has 1 aliphatic heterocycles. The summed E-state index contributed by atoms with van der Waals surface area (Å²) in [6, 6.07) is 19.3. The van der Waals surface area contributed by atoms with Gasteiger partial charge >= 0.3 is 0 Å². The molecular formula is C26H26N2O. The maximum atomic E-state index is 5.50. The highest BCUT2D eigenvalue weighted by molar-refractivity contribution is 6.07. The van der Waals surface area contributed by atoms with E-state index in [-0.39, 0.29) is 0 Å². The van der Waals surface area contributed by atoms with Gasteiger partial charge in [-0.15, -0.1) is 0 Å². The summed E-state index contributed by atoms with van der Waals surface area (Å²) in [5.41, 5.74) is 9.24. The number of aromatic nitrogens is 1. The van der Waals surface area contributed by atoms with Crippen molar-refractivity contribution in [3.8, 4) is 0 Å². The van der Waals surface area contributed by atoms with Gasteiger partial charge < -0.3 is 4.74 Å². The molecule has 2 aliphatic rings. The molecule has 2 aromatic carbocycles. The van der Waals surface area contributed by atoms with Gasteiger partial charge in [-0.3, -0.25) is 9.88 Å². The monoisotopic (exact) mass is 382 g/mol. The summed E-state index contributed by atoms with van der Waals surface area (Å²) in [4.78, 5) is 7.04. The second kappa shape index (κ2) is 7.94. The first-order valence-corrected chi connectivity index (χ1v) is 10.5. The SMILES string of the molecule is CC1=C(CCN2CCOCC2)c2ccccc2C1=Cc1ccnc2ccccc12. The van der Waals surface area contributed by atoms with E-state index in [1.165, 1.54) is 38.8 Å². The highest BCUT2D eigenvalue weighted by atomic mass is 16.5. The van der Waals surface area contributed by atoms with Crippen LogP contribution in [0.1, 0.15) is 30.0 Å². The van der Waals surface area contributed by atoms with Gasteiger partial charge in [-0.25, -0.2) is 0 Å². The predicted octanol–water partition coefficient (Wildman–Crippen LogP) is 5.28. The molecule has 0 atom stereocenters. The van der Waals surface area contributed by atoms with Crippen LogP contribution in [0, 0.1) is 0 Å². The van der Waals surface area contributed by atoms with Gasteiger partial charge in [-0.05, 0) is 65.0 Å². The van der Waals surface area contributed by atoms with E-state index in [2.05, 4.69) is 71.4 Å². The summed E-state index contributed by atoms with van der Waals surface area (Å²) in [7, 11) is 0. The van der Waals surface area contributed by atoms with Gasteiger partial charge in [0, 0.05) is 31.2 Å². The Morgan fingerprint density at radius 3 is 2.59 bits per heavy atom. The van der Waals surface area contributed by atoms with Gasteiger partial charge in [0.1, 0.15) is 0 Å². The van der Waals surface area contributed by atoms with E-state index in [1.807, 2.05) is 12.3 Å². The normalized spacial score (nSPS) is 18.6. The molecule has 29 heavy (non-hydrogen) atoms. The molecule has 0 bridgehead atoms. The van der Waals surface area contributed by atoms with Crippen molar-refractivity contribution in [2.24, 2.45) is 0 Å². The Kier molecular flexibility index (Phi) is 5.01. The van der Waals surface area contributed by atoms with Crippen LogP contribution in [0.4, 0.5) is 0 Å². The third kappa shape index (κ3) is 3.52. The minimum Gasteiger partial charge on any atom is -0.379 e. The first-order chi connectivity index (χ1) is 14.3. The fraction of sp³-hybridized carbons (Fsp3) is 0.269. The average Bonchev–Trinajstić information content (AvgIpc) is 3.04. The van der Waals surface area contributed by atoms with Crippen LogP contribution in [0.5, 0.6) is 0 Å². The molecule has 146 valence electrons. The smallest absolute Gasteiger partial charge is 0.0707 e. The number of fused-ring (bicyclic) bond motifs is 2. The number of nitrogens with zero attached hydrogens (tertiary/aromatic N) is 2. The van der Waals surface area contributed by atoms with Gasteiger partial charge in [0.05, 0.1) is 18.7 Å². The number of ether oxygens (including phenoxy) is 1. The van der Waals surface area contributed by atoms with E-state index in [4.69, 9.17) is 4.74 Å². The van der Waals surface area contributed by atoms with Gasteiger partial charge in [-0.1, -0.05) is 42.5 Å². The van der Waals surface area contributed by atoms with Gasteiger partial charge in [0.25, 0.3) is 0 Å². The summed E-state index contributed by atoms with van der Waals surface area (Å²) in [5, 5.41) is 1.20. The fourth-order valence-corrected chi connectivity index (χ4v) is 4.55. The van der Waals surface area contributed by atoms with Crippen molar-refractivity contribution in [1.82, 2.24) is 9.88 Å². The number of allylic oxidation sites excluding steroid dienone is 2. The first kappa shape index (κ1) is 18.3. The zero-order valence-electron chi connectivity index (χ0n) is 16.9. The number of hydrogen-bond donors (Lipinski definition) is 0. The molecule has 0 N–H and O–H groups in total. The molecule has 3 nitrogen and oxygen atoms in total. The molecule has 2 heterocycles. The Balaban J connectivity index is 1.53. The molecule has 0 saturated carbocycles. The van der Waals surface area contributed by atoms with Crippen molar-refractivity contribution >= 4 is 28.1 Å². The topological polar surface area (TPSA) is 25.4 Å². The van der Waals surface area contributed by atoms with Crippen LogP contribution in [0.15, 0.2) is 66.4 Å². The summed E-state index contributed by atoms with van der Waals surface area (Å²) >= 11 is 0. The molecular weight excluding hydrogens is 356 g/mol. The lowest BCUT2D eigenvalue weighted by Crippen LogP contribution is -2.36. The molecule has 3 aromatic rings. The van der Waals surface area contributed by atoms with Crippen LogP contribution < -0.4 is 0 Å². The highest BCUT2D eigenvalue weighted by Gasteiger charge is 2.24. The van der Waals surface area contributed by atoms with Gasteiger partial charge in [-0.2, -0.15) is 0 Å². The van der Waals surface area contributed by atoms with Crippen molar-refractivity contribution < 1.29 is 4.74 Å². The van der Waals surface area contributed by atoms with Crippen molar-refractivity contribution in [1.29, 1.82) is 0 Å². The second-order valence-corrected chi connectivity index (χ2v) is 7.83. The molecule has 1 aromatic heterocycles. The Bertz CT molecular complexity index is 1100. The zero-order valence-corrected chi connectivity index (χ0v) is 16.9. The molecule has 0 radical (unpaired) electrons. The standard InChI is InChI=1S/C26H26N2O/c1-19-21(11-13-28-14-16-29-17-15-28)23-7-2-3-8-24(23)25(19)18-20-10-12-27-26-9-5-4-6-22(20)26/h2-10,12,18H,11,13-17H2,1H3. The van der Waals surface area contributed by atoms with Crippen LogP contribution in [0.25, 0.3) is 28.1 Å². The number of rotatable bonds is 4. The molecule has 1 aliphatic carbocycles. The van der Waals surface area contributed by atoms with Gasteiger partial charge in [0.2, 0.25) is 0 Å². The molecule has 1 saturated heterocycles. The second-order valence-electron chi connectivity index (χ2n) is 7.83. The summed E-state index contributed by atoms with van der Waals surface area (Å²) < 4.78 is 5.50. The van der Waals surface area contributed by atoms with Crippen molar-refractivity contribution in [2.45, 2.75) is 13.3 Å². The molecule has 1 fully saturated rings. The summed E-state index contributed by atoms with van der Waals surface area (Å²) in [6.45, 7) is 7.17. The Morgan fingerprint density at radius 1 is 0.966 bits per heavy atom. The van der Waals surface area contributed by atoms with E-state index in [1.54, 1.807) is 0 Å². The van der Waals surface area contributed by atoms with E-state index < -0.39 is 0 Å². The van der Waals surface area contributed by atoms with Gasteiger partial charge in [0.15, 0.2) is 0 Å². The maximum Gasteiger partial charge on any atom is 0.0707 e. The zero-order chi connectivity index (χ0) is 19.6. The third-order valence-electron chi connectivity index (χ3n) is 6.16. The average molecular weight is 383 g/mol. The van der Waals surface area contributed by atoms with Crippen molar-refractivity contribution in [3.63, 3.8) is 0 Å². The largest absolute Gasteiger partial charge is 0.379 e. The summed E-state index contributed by atoms with van der Waals surface area (Å²) in [6.07, 6.45) is 5.34. The van der Waals surface area contributed by atoms with Crippen LogP contribution in [0.3, 0.4) is 0 Å². The number of para-hydroxylation sites is 1. The Labute approximate surface area is 172 Å². The van der Waals surface area contributed by atoms with Crippen LogP contribution in [0.2, 0.25) is 0 Å². The lowest BCUT2D eigenvalue weighted by Gasteiger charge is -2.26. The van der Waals surface area contributed by atoms with Crippen molar-refractivity contribution in [3.05, 3.63) is 83.1 Å². The minimum absolute atomic E-state index is 0.856. The first-order valence-electron chi connectivity index (χ1n) is 10.5. The van der Waals surface area contributed by atoms with E-state index >= 15 is 0 Å². The van der Waals surface area contributed by atoms with Crippen LogP contribution in [-0.2, 0) is 4.74 Å². The third-order valence-corrected chi connectivity index (χ3v) is 6.16. The summed E-state index contributed by atoms with van der Waals surface area (Å²) in [5.74, 6) is 0. The predicted molar refractivity (Wildman–Crippen MR) is 121 cm³/mol. The minimum atomic E-state index is 0.856. The number of morpholine rings is 1. The lowest BCUT2D eigenvalue weighted by atomic mass is 9.99. The quantitative estimate of drug-likeness (QED) is 0.613. The molecule has 5 rings (SSSR count).